The van der Waals surface area contributed by atoms with Crippen LogP contribution in [0.3, 0.4) is 0 Å². The van der Waals surface area contributed by atoms with E-state index in [2.05, 4.69) is 15.4 Å². The van der Waals surface area contributed by atoms with E-state index in [-0.39, 0.29) is 5.56 Å². The van der Waals surface area contributed by atoms with E-state index in [0.717, 1.165) is 5.69 Å². The van der Waals surface area contributed by atoms with E-state index in [9.17, 15) is 4.79 Å². The summed E-state index contributed by atoms with van der Waals surface area (Å²) in [5, 5.41) is 16.1. The molecule has 2 aromatic heterocycles. The molecule has 0 atom stereocenters. The Morgan fingerprint density at radius 1 is 1.32 bits per heavy atom. The van der Waals surface area contributed by atoms with Crippen molar-refractivity contribution in [3.63, 3.8) is 0 Å². The van der Waals surface area contributed by atoms with Crippen molar-refractivity contribution in [1.29, 1.82) is 5.26 Å². The van der Waals surface area contributed by atoms with Crippen molar-refractivity contribution in [2.24, 2.45) is 0 Å². The van der Waals surface area contributed by atoms with Gasteiger partial charge < -0.3 is 10.3 Å². The first-order valence-corrected chi connectivity index (χ1v) is 5.61. The van der Waals surface area contributed by atoms with Crippen LogP contribution in [0, 0.1) is 11.3 Å². The number of fused-ring (bicyclic) bond motifs is 1. The lowest BCUT2D eigenvalue weighted by atomic mass is 10.3. The number of anilines is 2. The molecule has 0 amide bonds. The summed E-state index contributed by atoms with van der Waals surface area (Å²) in [7, 11) is 0. The van der Waals surface area contributed by atoms with Gasteiger partial charge in [0.1, 0.15) is 17.5 Å². The molecule has 0 fully saturated rings. The third-order valence-corrected chi connectivity index (χ3v) is 2.67. The van der Waals surface area contributed by atoms with E-state index < -0.39 is 0 Å². The van der Waals surface area contributed by atoms with Gasteiger partial charge in [0, 0.05) is 11.8 Å². The second kappa shape index (κ2) is 4.31. The number of para-hydroxylation sites is 1. The Hall–Kier alpha value is -3.07. The molecular weight excluding hydrogens is 242 g/mol. The van der Waals surface area contributed by atoms with Crippen molar-refractivity contribution in [3.05, 3.63) is 58.5 Å². The molecule has 0 radical (unpaired) electrons. The highest BCUT2D eigenvalue weighted by Crippen LogP contribution is 2.16. The maximum atomic E-state index is 11.6. The average Bonchev–Trinajstić information content (AvgIpc) is 2.83. The van der Waals surface area contributed by atoms with Gasteiger partial charge >= 0.3 is 0 Å². The second-order valence-electron chi connectivity index (χ2n) is 3.94. The fourth-order valence-electron chi connectivity index (χ4n) is 1.83. The maximum Gasteiger partial charge on any atom is 0.253 e. The maximum absolute atomic E-state index is 11.6. The summed E-state index contributed by atoms with van der Waals surface area (Å²) in [6, 6.07) is 12.8. The predicted molar refractivity (Wildman–Crippen MR) is 70.3 cm³/mol. The fourth-order valence-corrected chi connectivity index (χ4v) is 1.83. The molecule has 0 aliphatic rings. The molecule has 0 aliphatic carbocycles. The minimum atomic E-state index is -0.289. The largest absolute Gasteiger partial charge is 0.340 e. The van der Waals surface area contributed by atoms with Crippen LogP contribution in [0.15, 0.2) is 47.4 Å². The van der Waals surface area contributed by atoms with Gasteiger partial charge in [-0.15, -0.1) is 0 Å². The van der Waals surface area contributed by atoms with E-state index in [1.807, 2.05) is 36.4 Å². The summed E-state index contributed by atoms with van der Waals surface area (Å²) in [6.07, 6.45) is 1.42. The standard InChI is InChI=1S/C13H9N5O/c14-7-9-8-15-18-11(6-12(19)17-13(9)18)16-10-4-2-1-3-5-10/h1-6,8,16H,(H,17,19). The number of H-pyrrole nitrogens is 1. The van der Waals surface area contributed by atoms with Crippen LogP contribution < -0.4 is 10.9 Å². The highest BCUT2D eigenvalue weighted by atomic mass is 16.1. The number of benzene rings is 1. The van der Waals surface area contributed by atoms with Crippen molar-refractivity contribution in [2.75, 3.05) is 5.32 Å². The quantitative estimate of drug-likeness (QED) is 0.725. The van der Waals surface area contributed by atoms with Crippen LogP contribution in [0.5, 0.6) is 0 Å². The molecule has 92 valence electrons. The molecule has 3 rings (SSSR count). The Labute approximate surface area is 107 Å². The third kappa shape index (κ3) is 1.93. The van der Waals surface area contributed by atoms with E-state index >= 15 is 0 Å². The first kappa shape index (κ1) is 11.0. The van der Waals surface area contributed by atoms with Gasteiger partial charge in [-0.05, 0) is 12.1 Å². The Morgan fingerprint density at radius 2 is 2.11 bits per heavy atom. The summed E-state index contributed by atoms with van der Waals surface area (Å²) >= 11 is 0. The van der Waals surface area contributed by atoms with Crippen molar-refractivity contribution in [2.45, 2.75) is 0 Å². The van der Waals surface area contributed by atoms with Gasteiger partial charge in [0.2, 0.25) is 0 Å². The molecule has 0 aliphatic heterocycles. The van der Waals surface area contributed by atoms with Gasteiger partial charge in [-0.3, -0.25) is 4.79 Å². The lowest BCUT2D eigenvalue weighted by Gasteiger charge is -2.07. The third-order valence-electron chi connectivity index (χ3n) is 2.67. The zero-order valence-electron chi connectivity index (χ0n) is 9.79. The van der Waals surface area contributed by atoms with Crippen molar-refractivity contribution >= 4 is 17.2 Å². The number of aromatic nitrogens is 3. The van der Waals surface area contributed by atoms with Crippen molar-refractivity contribution < 1.29 is 0 Å². The minimum absolute atomic E-state index is 0.289. The van der Waals surface area contributed by atoms with Crippen LogP contribution in [0.2, 0.25) is 0 Å². The molecule has 0 spiro atoms. The van der Waals surface area contributed by atoms with Gasteiger partial charge in [-0.25, -0.2) is 0 Å². The molecule has 1 aromatic carbocycles. The normalized spacial score (nSPS) is 10.3. The van der Waals surface area contributed by atoms with Crippen molar-refractivity contribution in [3.8, 4) is 6.07 Å². The second-order valence-corrected chi connectivity index (χ2v) is 3.94. The number of nitrogens with one attached hydrogen (secondary N) is 2. The van der Waals surface area contributed by atoms with Gasteiger partial charge in [-0.2, -0.15) is 14.9 Å². The summed E-state index contributed by atoms with van der Waals surface area (Å²) in [4.78, 5) is 14.2. The summed E-state index contributed by atoms with van der Waals surface area (Å²) in [5.41, 5.74) is 1.26. The SMILES string of the molecule is N#Cc1cnn2c(Nc3ccccc3)cc(=O)[nH]c12. The van der Waals surface area contributed by atoms with E-state index in [0.29, 0.717) is 17.0 Å². The molecule has 0 saturated heterocycles. The number of hydrogen-bond donors (Lipinski definition) is 2. The van der Waals surface area contributed by atoms with Crippen LogP contribution >= 0.6 is 0 Å². The number of rotatable bonds is 2. The van der Waals surface area contributed by atoms with E-state index in [4.69, 9.17) is 5.26 Å². The minimum Gasteiger partial charge on any atom is -0.340 e. The van der Waals surface area contributed by atoms with E-state index in [1.165, 1.54) is 16.8 Å². The molecule has 3 aromatic rings. The van der Waals surface area contributed by atoms with Crippen LogP contribution in [-0.2, 0) is 0 Å². The van der Waals surface area contributed by atoms with Crippen LogP contribution in [0.1, 0.15) is 5.56 Å². The summed E-state index contributed by atoms with van der Waals surface area (Å²) in [6.45, 7) is 0. The monoisotopic (exact) mass is 251 g/mol. The lowest BCUT2D eigenvalue weighted by Crippen LogP contribution is -2.11. The van der Waals surface area contributed by atoms with Crippen LogP contribution in [0.4, 0.5) is 11.5 Å². The van der Waals surface area contributed by atoms with Gasteiger partial charge in [0.05, 0.1) is 6.20 Å². The molecule has 0 unspecified atom stereocenters. The van der Waals surface area contributed by atoms with Crippen LogP contribution in [0.25, 0.3) is 5.65 Å². The van der Waals surface area contributed by atoms with E-state index in [1.54, 1.807) is 0 Å². The van der Waals surface area contributed by atoms with Crippen LogP contribution in [-0.4, -0.2) is 14.6 Å². The fraction of sp³-hybridized carbons (Fsp3) is 0. The summed E-state index contributed by atoms with van der Waals surface area (Å²) in [5.74, 6) is 0.506. The number of nitrogens with zero attached hydrogens (tertiary/aromatic N) is 3. The van der Waals surface area contributed by atoms with Crippen molar-refractivity contribution in [1.82, 2.24) is 14.6 Å². The molecule has 19 heavy (non-hydrogen) atoms. The first-order chi connectivity index (χ1) is 9.28. The molecular formula is C13H9N5O. The molecule has 2 heterocycles. The Bertz CT molecular complexity index is 826. The Balaban J connectivity index is 2.16. The Morgan fingerprint density at radius 3 is 2.84 bits per heavy atom. The molecule has 2 N–H and O–H groups in total. The molecule has 6 heteroatoms. The highest BCUT2D eigenvalue weighted by molar-refractivity contribution is 5.62. The predicted octanol–water partition coefficient (Wildman–Crippen LogP) is 1.64. The van der Waals surface area contributed by atoms with Gasteiger partial charge in [-0.1, -0.05) is 18.2 Å². The number of aromatic amines is 1. The zero-order chi connectivity index (χ0) is 13.2. The Kier molecular flexibility index (Phi) is 2.50. The van der Waals surface area contributed by atoms with Gasteiger partial charge in [0.25, 0.3) is 5.56 Å². The zero-order valence-corrected chi connectivity index (χ0v) is 9.79. The molecule has 0 bridgehead atoms. The highest BCUT2D eigenvalue weighted by Gasteiger charge is 2.09. The average molecular weight is 251 g/mol. The molecule has 6 nitrogen and oxygen atoms in total. The molecule has 0 saturated carbocycles. The number of nitriles is 1. The lowest BCUT2D eigenvalue weighted by molar-refractivity contribution is 0.939. The first-order valence-electron chi connectivity index (χ1n) is 5.61. The number of hydrogen-bond acceptors (Lipinski definition) is 4. The summed E-state index contributed by atoms with van der Waals surface area (Å²) < 4.78 is 1.49. The topological polar surface area (TPSA) is 86.0 Å². The van der Waals surface area contributed by atoms with Gasteiger partial charge in [0.15, 0.2) is 5.65 Å². The smallest absolute Gasteiger partial charge is 0.253 e.